The van der Waals surface area contributed by atoms with Gasteiger partial charge in [-0.05, 0) is 24.1 Å². The minimum Gasteiger partial charge on any atom is -0.398 e. The molecule has 0 aliphatic heterocycles. The van der Waals surface area contributed by atoms with Gasteiger partial charge in [0.1, 0.15) is 4.90 Å². The van der Waals surface area contributed by atoms with Gasteiger partial charge in [0.2, 0.25) is 10.0 Å². The summed E-state index contributed by atoms with van der Waals surface area (Å²) in [4.78, 5) is 0.0262. The summed E-state index contributed by atoms with van der Waals surface area (Å²) in [6, 6.07) is 6.14. The number of methoxy groups -OCH3 is 1. The molecule has 7 heteroatoms. The average molecular weight is 311 g/mol. The Balaban J connectivity index is 3.19. The number of nitrogen functional groups attached to an aromatic ring is 1. The number of anilines is 1. The number of sulfonamides is 1. The Labute approximate surface area is 126 Å². The number of benzene rings is 1. The third-order valence-electron chi connectivity index (χ3n) is 2.87. The second-order valence-electron chi connectivity index (χ2n) is 5.11. The number of nitriles is 1. The Kier molecular flexibility index (Phi) is 6.15. The second-order valence-corrected chi connectivity index (χ2v) is 7.02. The van der Waals surface area contributed by atoms with Gasteiger partial charge in [-0.25, -0.2) is 8.42 Å². The van der Waals surface area contributed by atoms with Crippen molar-refractivity contribution in [1.82, 2.24) is 4.31 Å². The number of hydrogen-bond acceptors (Lipinski definition) is 5. The predicted octanol–water partition coefficient (Wildman–Crippen LogP) is 1.43. The van der Waals surface area contributed by atoms with Crippen molar-refractivity contribution in [2.75, 3.05) is 32.5 Å². The van der Waals surface area contributed by atoms with E-state index in [1.807, 2.05) is 19.9 Å². The van der Waals surface area contributed by atoms with Crippen LogP contribution >= 0.6 is 0 Å². The minimum atomic E-state index is -3.71. The molecule has 1 aromatic carbocycles. The first-order chi connectivity index (χ1) is 9.82. The van der Waals surface area contributed by atoms with Crippen molar-refractivity contribution in [3.63, 3.8) is 0 Å². The molecular formula is C14H21N3O3S. The van der Waals surface area contributed by atoms with Crippen LogP contribution in [-0.2, 0) is 14.8 Å². The molecular weight excluding hydrogens is 290 g/mol. The molecule has 0 spiro atoms. The van der Waals surface area contributed by atoms with Crippen LogP contribution in [0, 0.1) is 17.2 Å². The number of hydrogen-bond donors (Lipinski definition) is 1. The molecule has 1 aromatic rings. The van der Waals surface area contributed by atoms with Gasteiger partial charge in [0, 0.05) is 20.2 Å². The van der Waals surface area contributed by atoms with E-state index in [9.17, 15) is 8.42 Å². The first-order valence-corrected chi connectivity index (χ1v) is 8.05. The first kappa shape index (κ1) is 17.4. The summed E-state index contributed by atoms with van der Waals surface area (Å²) < 4.78 is 31.7. The van der Waals surface area contributed by atoms with E-state index in [2.05, 4.69) is 0 Å². The summed E-state index contributed by atoms with van der Waals surface area (Å²) in [6.07, 6.45) is 0. The van der Waals surface area contributed by atoms with E-state index in [4.69, 9.17) is 15.7 Å². The molecule has 0 aromatic heterocycles. The van der Waals surface area contributed by atoms with Crippen LogP contribution in [0.3, 0.4) is 0 Å². The van der Waals surface area contributed by atoms with Crippen LogP contribution in [-0.4, -0.2) is 39.5 Å². The lowest BCUT2D eigenvalue weighted by Crippen LogP contribution is -2.37. The predicted molar refractivity (Wildman–Crippen MR) is 81.0 cm³/mol. The molecule has 0 saturated heterocycles. The quantitative estimate of drug-likeness (QED) is 0.768. The molecule has 0 fully saturated rings. The summed E-state index contributed by atoms with van der Waals surface area (Å²) >= 11 is 0. The van der Waals surface area contributed by atoms with Gasteiger partial charge in [-0.1, -0.05) is 13.8 Å². The molecule has 1 rings (SSSR count). The van der Waals surface area contributed by atoms with Crippen LogP contribution in [0.1, 0.15) is 19.4 Å². The molecule has 0 atom stereocenters. The van der Waals surface area contributed by atoms with E-state index in [0.29, 0.717) is 18.7 Å². The molecule has 21 heavy (non-hydrogen) atoms. The van der Waals surface area contributed by atoms with Crippen LogP contribution in [0.25, 0.3) is 0 Å². The van der Waals surface area contributed by atoms with Gasteiger partial charge >= 0.3 is 0 Å². The van der Waals surface area contributed by atoms with E-state index >= 15 is 0 Å². The summed E-state index contributed by atoms with van der Waals surface area (Å²) in [5.41, 5.74) is 6.21. The van der Waals surface area contributed by atoms with Crippen molar-refractivity contribution < 1.29 is 13.2 Å². The number of ether oxygens (including phenoxy) is 1. The molecule has 0 bridgehead atoms. The second kappa shape index (κ2) is 7.41. The summed E-state index contributed by atoms with van der Waals surface area (Å²) in [5.74, 6) is 0.177. The normalized spacial score (nSPS) is 11.8. The third-order valence-corrected chi connectivity index (χ3v) is 4.81. The highest BCUT2D eigenvalue weighted by atomic mass is 32.2. The van der Waals surface area contributed by atoms with Gasteiger partial charge in [0.05, 0.1) is 23.9 Å². The third kappa shape index (κ3) is 4.43. The fourth-order valence-corrected chi connectivity index (χ4v) is 3.59. The van der Waals surface area contributed by atoms with Crippen LogP contribution < -0.4 is 5.73 Å². The largest absolute Gasteiger partial charge is 0.398 e. The van der Waals surface area contributed by atoms with Crippen LogP contribution in [0.5, 0.6) is 0 Å². The van der Waals surface area contributed by atoms with Crippen molar-refractivity contribution in [3.8, 4) is 6.07 Å². The van der Waals surface area contributed by atoms with Crippen molar-refractivity contribution in [2.24, 2.45) is 5.92 Å². The summed E-state index contributed by atoms with van der Waals surface area (Å²) in [5, 5.41) is 8.82. The Morgan fingerprint density at radius 3 is 2.57 bits per heavy atom. The number of nitrogens with zero attached hydrogens (tertiary/aromatic N) is 2. The van der Waals surface area contributed by atoms with Gasteiger partial charge in [-0.15, -0.1) is 0 Å². The lowest BCUT2D eigenvalue weighted by molar-refractivity contribution is 0.175. The molecule has 0 aliphatic rings. The minimum absolute atomic E-state index is 0.0262. The molecule has 0 heterocycles. The zero-order chi connectivity index (χ0) is 16.0. The highest BCUT2D eigenvalue weighted by molar-refractivity contribution is 7.89. The van der Waals surface area contributed by atoms with Gasteiger partial charge in [0.15, 0.2) is 0 Å². The van der Waals surface area contributed by atoms with Gasteiger partial charge < -0.3 is 10.5 Å². The summed E-state index contributed by atoms with van der Waals surface area (Å²) in [6.45, 7) is 4.83. The molecule has 2 N–H and O–H groups in total. The molecule has 0 amide bonds. The van der Waals surface area contributed by atoms with E-state index in [-0.39, 0.29) is 23.0 Å². The van der Waals surface area contributed by atoms with E-state index in [1.165, 1.54) is 29.6 Å². The highest BCUT2D eigenvalue weighted by Gasteiger charge is 2.27. The van der Waals surface area contributed by atoms with Crippen LogP contribution in [0.2, 0.25) is 0 Å². The van der Waals surface area contributed by atoms with Crippen molar-refractivity contribution >= 4 is 15.7 Å². The van der Waals surface area contributed by atoms with E-state index < -0.39 is 10.0 Å². The van der Waals surface area contributed by atoms with Crippen molar-refractivity contribution in [1.29, 1.82) is 5.26 Å². The maximum Gasteiger partial charge on any atom is 0.245 e. The van der Waals surface area contributed by atoms with E-state index in [0.717, 1.165) is 0 Å². The average Bonchev–Trinajstić information content (AvgIpc) is 2.42. The molecule has 0 aliphatic carbocycles. The fraction of sp³-hybridized carbons (Fsp3) is 0.500. The van der Waals surface area contributed by atoms with Crippen molar-refractivity contribution in [2.45, 2.75) is 18.7 Å². The first-order valence-electron chi connectivity index (χ1n) is 6.61. The zero-order valence-corrected chi connectivity index (χ0v) is 13.4. The maximum atomic E-state index is 12.7. The molecule has 0 saturated carbocycles. The maximum absolute atomic E-state index is 12.7. The summed E-state index contributed by atoms with van der Waals surface area (Å²) in [7, 11) is -2.18. The number of nitrogens with two attached hydrogens (primary N) is 1. The molecule has 0 radical (unpaired) electrons. The van der Waals surface area contributed by atoms with Gasteiger partial charge in [0.25, 0.3) is 0 Å². The standard InChI is InChI=1S/C14H21N3O3S/c1-11(2)10-17(6-7-20-3)21(18,19)14-5-4-12(9-15)8-13(14)16/h4-5,8,11H,6-7,10,16H2,1-3H3. The lowest BCUT2D eigenvalue weighted by Gasteiger charge is -2.24. The Bertz CT molecular complexity index is 621. The van der Waals surface area contributed by atoms with E-state index in [1.54, 1.807) is 0 Å². The molecule has 116 valence electrons. The van der Waals surface area contributed by atoms with Crippen LogP contribution in [0.15, 0.2) is 23.1 Å². The van der Waals surface area contributed by atoms with Crippen LogP contribution in [0.4, 0.5) is 5.69 Å². The number of rotatable bonds is 7. The Morgan fingerprint density at radius 1 is 1.43 bits per heavy atom. The fourth-order valence-electron chi connectivity index (χ4n) is 1.90. The monoisotopic (exact) mass is 311 g/mol. The molecule has 0 unspecified atom stereocenters. The Morgan fingerprint density at radius 2 is 2.10 bits per heavy atom. The SMILES string of the molecule is COCCN(CC(C)C)S(=O)(=O)c1ccc(C#N)cc1N. The lowest BCUT2D eigenvalue weighted by atomic mass is 10.2. The van der Waals surface area contributed by atoms with Gasteiger partial charge in [-0.2, -0.15) is 9.57 Å². The van der Waals surface area contributed by atoms with Crippen molar-refractivity contribution in [3.05, 3.63) is 23.8 Å². The molecule has 6 nitrogen and oxygen atoms in total. The Hall–Kier alpha value is -1.62. The smallest absolute Gasteiger partial charge is 0.245 e. The topological polar surface area (TPSA) is 96.4 Å². The zero-order valence-electron chi connectivity index (χ0n) is 12.5. The highest BCUT2D eigenvalue weighted by Crippen LogP contribution is 2.24. The van der Waals surface area contributed by atoms with Gasteiger partial charge in [-0.3, -0.25) is 0 Å².